The van der Waals surface area contributed by atoms with E-state index in [9.17, 15) is 4.79 Å². The number of amides is 1. The average Bonchev–Trinajstić information content (AvgIpc) is 2.48. The highest BCUT2D eigenvalue weighted by Crippen LogP contribution is 1.95. The molecule has 0 aromatic rings. The van der Waals surface area contributed by atoms with Crippen molar-refractivity contribution in [1.82, 2.24) is 20.4 Å². The first kappa shape index (κ1) is 24.7. The maximum Gasteiger partial charge on any atom is 0.243 e. The van der Waals surface area contributed by atoms with Gasteiger partial charge in [-0.1, -0.05) is 13.8 Å². The molecule has 0 spiro atoms. The van der Waals surface area contributed by atoms with Crippen LogP contribution in [0.2, 0.25) is 0 Å². The zero-order valence-corrected chi connectivity index (χ0v) is 17.9. The zero-order valence-electron chi connectivity index (χ0n) is 15.5. The molecule has 1 amide bonds. The molecule has 23 heavy (non-hydrogen) atoms. The lowest BCUT2D eigenvalue weighted by atomic mass is 10.3. The van der Waals surface area contributed by atoms with Gasteiger partial charge in [0.25, 0.3) is 0 Å². The fraction of sp³-hybridized carbons (Fsp3) is 0.875. The standard InChI is InChI=1S/C16H35N5O.HI/c1-6-11-21(12-7-2)13-9-10-18-16(17-8-3)19-14-15(22)20(4)5;/h6-14H2,1-5H3,(H2,17,18,19);1H. The predicted octanol–water partition coefficient (Wildman–Crippen LogP) is 1.76. The third kappa shape index (κ3) is 13.6. The summed E-state index contributed by atoms with van der Waals surface area (Å²) in [6, 6.07) is 0. The second-order valence-electron chi connectivity index (χ2n) is 5.61. The summed E-state index contributed by atoms with van der Waals surface area (Å²) >= 11 is 0. The Morgan fingerprint density at radius 2 is 1.61 bits per heavy atom. The van der Waals surface area contributed by atoms with Gasteiger partial charge in [-0.25, -0.2) is 4.99 Å². The van der Waals surface area contributed by atoms with Gasteiger partial charge in [-0.15, -0.1) is 24.0 Å². The fourth-order valence-electron chi connectivity index (χ4n) is 2.11. The van der Waals surface area contributed by atoms with Gasteiger partial charge >= 0.3 is 0 Å². The van der Waals surface area contributed by atoms with Gasteiger partial charge in [0.05, 0.1) is 0 Å². The second kappa shape index (κ2) is 16.3. The van der Waals surface area contributed by atoms with Gasteiger partial charge in [-0.05, 0) is 45.8 Å². The Morgan fingerprint density at radius 1 is 1.00 bits per heavy atom. The van der Waals surface area contributed by atoms with Gasteiger partial charge < -0.3 is 20.4 Å². The molecule has 0 radical (unpaired) electrons. The molecule has 2 N–H and O–H groups in total. The second-order valence-corrected chi connectivity index (χ2v) is 5.61. The summed E-state index contributed by atoms with van der Waals surface area (Å²) < 4.78 is 0. The van der Waals surface area contributed by atoms with Crippen molar-refractivity contribution >= 4 is 35.8 Å². The van der Waals surface area contributed by atoms with Crippen molar-refractivity contribution in [1.29, 1.82) is 0 Å². The minimum absolute atomic E-state index is 0. The van der Waals surface area contributed by atoms with Gasteiger partial charge in [0.1, 0.15) is 6.54 Å². The summed E-state index contributed by atoms with van der Waals surface area (Å²) in [5.41, 5.74) is 0. The van der Waals surface area contributed by atoms with E-state index in [1.165, 1.54) is 25.9 Å². The van der Waals surface area contributed by atoms with E-state index in [2.05, 4.69) is 34.4 Å². The number of nitrogens with zero attached hydrogens (tertiary/aromatic N) is 3. The Balaban J connectivity index is 0. The monoisotopic (exact) mass is 441 g/mol. The minimum atomic E-state index is 0. The Kier molecular flexibility index (Phi) is 17.5. The van der Waals surface area contributed by atoms with E-state index in [0.29, 0.717) is 0 Å². The Labute approximate surface area is 159 Å². The Morgan fingerprint density at radius 3 is 2.09 bits per heavy atom. The number of likely N-dealkylation sites (N-methyl/N-ethyl adjacent to an activating group) is 1. The van der Waals surface area contributed by atoms with Gasteiger partial charge in [-0.2, -0.15) is 0 Å². The molecular weight excluding hydrogens is 405 g/mol. The highest BCUT2D eigenvalue weighted by Gasteiger charge is 2.05. The van der Waals surface area contributed by atoms with Crippen LogP contribution in [0.3, 0.4) is 0 Å². The molecule has 0 fully saturated rings. The van der Waals surface area contributed by atoms with Crippen molar-refractivity contribution < 1.29 is 4.79 Å². The van der Waals surface area contributed by atoms with Crippen LogP contribution in [0.5, 0.6) is 0 Å². The van der Waals surface area contributed by atoms with Gasteiger partial charge in [-0.3, -0.25) is 4.79 Å². The van der Waals surface area contributed by atoms with E-state index in [1.807, 2.05) is 6.92 Å². The van der Waals surface area contributed by atoms with E-state index >= 15 is 0 Å². The first-order chi connectivity index (χ1) is 10.5. The van der Waals surface area contributed by atoms with Crippen molar-refractivity contribution in [3.05, 3.63) is 0 Å². The van der Waals surface area contributed by atoms with Crippen LogP contribution in [0.25, 0.3) is 0 Å². The van der Waals surface area contributed by atoms with Gasteiger partial charge in [0.2, 0.25) is 5.91 Å². The number of nitrogens with one attached hydrogen (secondary N) is 2. The summed E-state index contributed by atoms with van der Waals surface area (Å²) in [5.74, 6) is 0.726. The number of rotatable bonds is 11. The zero-order chi connectivity index (χ0) is 16.8. The lowest BCUT2D eigenvalue weighted by Gasteiger charge is -2.21. The summed E-state index contributed by atoms with van der Waals surface area (Å²) in [6.45, 7) is 11.7. The summed E-state index contributed by atoms with van der Waals surface area (Å²) in [6.07, 6.45) is 3.47. The van der Waals surface area contributed by atoms with E-state index < -0.39 is 0 Å². The molecule has 0 aliphatic carbocycles. The summed E-state index contributed by atoms with van der Waals surface area (Å²) in [5, 5.41) is 6.47. The summed E-state index contributed by atoms with van der Waals surface area (Å²) in [7, 11) is 3.49. The minimum Gasteiger partial charge on any atom is -0.357 e. The predicted molar refractivity (Wildman–Crippen MR) is 110 cm³/mol. The van der Waals surface area contributed by atoms with Crippen molar-refractivity contribution in [2.75, 3.05) is 53.4 Å². The molecule has 0 saturated carbocycles. The van der Waals surface area contributed by atoms with E-state index in [-0.39, 0.29) is 36.4 Å². The van der Waals surface area contributed by atoms with Crippen molar-refractivity contribution in [3.8, 4) is 0 Å². The number of aliphatic imine (C=N–C) groups is 1. The van der Waals surface area contributed by atoms with E-state index in [4.69, 9.17) is 0 Å². The number of guanidine groups is 1. The van der Waals surface area contributed by atoms with Crippen LogP contribution in [0.1, 0.15) is 40.0 Å². The molecule has 0 aromatic carbocycles. The summed E-state index contributed by atoms with van der Waals surface area (Å²) in [4.78, 5) is 19.9. The smallest absolute Gasteiger partial charge is 0.243 e. The number of carbonyl (C=O) groups is 1. The number of halogens is 1. The number of hydrogen-bond acceptors (Lipinski definition) is 3. The van der Waals surface area contributed by atoms with Gasteiger partial charge in [0, 0.05) is 27.2 Å². The number of hydrogen-bond donors (Lipinski definition) is 2. The van der Waals surface area contributed by atoms with E-state index in [0.717, 1.165) is 32.0 Å². The van der Waals surface area contributed by atoms with Crippen LogP contribution in [-0.4, -0.2) is 75.0 Å². The molecule has 0 atom stereocenters. The van der Waals surface area contributed by atoms with Crippen molar-refractivity contribution in [2.24, 2.45) is 4.99 Å². The third-order valence-electron chi connectivity index (χ3n) is 3.24. The molecule has 0 aliphatic heterocycles. The first-order valence-corrected chi connectivity index (χ1v) is 8.49. The van der Waals surface area contributed by atoms with Crippen LogP contribution in [-0.2, 0) is 4.79 Å². The topological polar surface area (TPSA) is 60.0 Å². The normalized spacial score (nSPS) is 11.1. The van der Waals surface area contributed by atoms with E-state index in [1.54, 1.807) is 19.0 Å². The largest absolute Gasteiger partial charge is 0.357 e. The Bertz CT molecular complexity index is 318. The molecule has 7 heteroatoms. The van der Waals surface area contributed by atoms with Crippen molar-refractivity contribution in [2.45, 2.75) is 40.0 Å². The SMILES string of the molecule is CCCN(CCC)CCCNC(=NCC(=O)N(C)C)NCC.I. The highest BCUT2D eigenvalue weighted by molar-refractivity contribution is 14.0. The molecular formula is C16H36IN5O. The average molecular weight is 441 g/mol. The molecule has 6 nitrogen and oxygen atoms in total. The number of carbonyl (C=O) groups excluding carboxylic acids is 1. The van der Waals surface area contributed by atoms with Crippen LogP contribution in [0, 0.1) is 0 Å². The molecule has 0 saturated heterocycles. The molecule has 0 unspecified atom stereocenters. The third-order valence-corrected chi connectivity index (χ3v) is 3.24. The maximum absolute atomic E-state index is 11.6. The molecule has 0 bridgehead atoms. The van der Waals surface area contributed by atoms with Crippen LogP contribution in [0.4, 0.5) is 0 Å². The van der Waals surface area contributed by atoms with Gasteiger partial charge in [0.15, 0.2) is 5.96 Å². The first-order valence-electron chi connectivity index (χ1n) is 8.49. The van der Waals surface area contributed by atoms with Crippen molar-refractivity contribution in [3.63, 3.8) is 0 Å². The molecule has 0 heterocycles. The molecule has 0 rings (SSSR count). The molecule has 0 aromatic heterocycles. The van der Waals surface area contributed by atoms with Crippen LogP contribution in [0.15, 0.2) is 4.99 Å². The maximum atomic E-state index is 11.6. The molecule has 138 valence electrons. The quantitative estimate of drug-likeness (QED) is 0.222. The lowest BCUT2D eigenvalue weighted by Crippen LogP contribution is -2.39. The van der Waals surface area contributed by atoms with Crippen LogP contribution >= 0.6 is 24.0 Å². The highest BCUT2D eigenvalue weighted by atomic mass is 127. The molecule has 0 aliphatic rings. The van der Waals surface area contributed by atoms with Crippen LogP contribution < -0.4 is 10.6 Å². The Hall–Kier alpha value is -0.570. The fourth-order valence-corrected chi connectivity index (χ4v) is 2.11. The lowest BCUT2D eigenvalue weighted by molar-refractivity contribution is -0.127.